The Morgan fingerprint density at radius 1 is 1.20 bits per heavy atom. The second-order valence-corrected chi connectivity index (χ2v) is 6.27. The van der Waals surface area contributed by atoms with Crippen molar-refractivity contribution in [1.82, 2.24) is 4.98 Å². The van der Waals surface area contributed by atoms with Gasteiger partial charge in [0.05, 0.1) is 0 Å². The number of para-hydroxylation sites is 1. The molecule has 2 aliphatic rings. The second kappa shape index (κ2) is 4.44. The minimum Gasteiger partial charge on any atom is -0.370 e. The van der Waals surface area contributed by atoms with E-state index in [1.165, 1.54) is 31.0 Å². The van der Waals surface area contributed by atoms with Crippen molar-refractivity contribution in [3.8, 4) is 0 Å². The number of pyridine rings is 1. The molecule has 3 heteroatoms. The summed E-state index contributed by atoms with van der Waals surface area (Å²) in [5.41, 5.74) is 2.58. The van der Waals surface area contributed by atoms with Crippen LogP contribution < -0.4 is 4.90 Å². The van der Waals surface area contributed by atoms with Gasteiger partial charge in [0.1, 0.15) is 11.3 Å². The van der Waals surface area contributed by atoms with Crippen molar-refractivity contribution in [3.63, 3.8) is 0 Å². The van der Waals surface area contributed by atoms with Crippen LogP contribution in [0.15, 0.2) is 24.3 Å². The number of rotatable bonds is 1. The van der Waals surface area contributed by atoms with Crippen molar-refractivity contribution in [1.29, 1.82) is 0 Å². The van der Waals surface area contributed by atoms with Crippen LogP contribution in [0.5, 0.6) is 0 Å². The molecule has 1 aliphatic heterocycles. The summed E-state index contributed by atoms with van der Waals surface area (Å²) in [7, 11) is 0. The minimum absolute atomic E-state index is 0.216. The Hall–Kier alpha value is -1.64. The lowest BCUT2D eigenvalue weighted by Crippen LogP contribution is -2.21. The van der Waals surface area contributed by atoms with Crippen LogP contribution in [0, 0.1) is 24.6 Å². The van der Waals surface area contributed by atoms with Crippen molar-refractivity contribution in [2.75, 3.05) is 18.0 Å². The Morgan fingerprint density at radius 2 is 1.95 bits per heavy atom. The van der Waals surface area contributed by atoms with Gasteiger partial charge in [-0.15, -0.1) is 0 Å². The molecule has 0 bridgehead atoms. The van der Waals surface area contributed by atoms with Gasteiger partial charge < -0.3 is 4.90 Å². The van der Waals surface area contributed by atoms with Crippen molar-refractivity contribution in [3.05, 3.63) is 35.8 Å². The number of hydrogen-bond acceptors (Lipinski definition) is 2. The molecule has 1 aromatic carbocycles. The number of aromatic nitrogens is 1. The van der Waals surface area contributed by atoms with Crippen LogP contribution in [0.4, 0.5) is 10.1 Å². The van der Waals surface area contributed by atoms with Crippen LogP contribution in [0.1, 0.15) is 25.0 Å². The average molecular weight is 270 g/mol. The van der Waals surface area contributed by atoms with E-state index in [1.807, 2.05) is 13.0 Å². The summed E-state index contributed by atoms with van der Waals surface area (Å²) in [5, 5.41) is 0.954. The highest BCUT2D eigenvalue weighted by Gasteiger charge is 2.36. The molecule has 2 unspecified atom stereocenters. The molecule has 104 valence electrons. The first-order valence-electron chi connectivity index (χ1n) is 7.53. The Balaban J connectivity index is 1.82. The highest BCUT2D eigenvalue weighted by Crippen LogP contribution is 2.41. The van der Waals surface area contributed by atoms with Gasteiger partial charge in [-0.2, -0.15) is 0 Å². The predicted octanol–water partition coefficient (Wildman–Crippen LogP) is 3.92. The van der Waals surface area contributed by atoms with E-state index in [2.05, 4.69) is 16.0 Å². The molecule has 2 aromatic rings. The number of halogens is 1. The van der Waals surface area contributed by atoms with Gasteiger partial charge in [-0.1, -0.05) is 18.6 Å². The molecule has 1 aromatic heterocycles. The largest absolute Gasteiger partial charge is 0.370 e. The van der Waals surface area contributed by atoms with Crippen LogP contribution in [0.25, 0.3) is 10.9 Å². The predicted molar refractivity (Wildman–Crippen MR) is 79.5 cm³/mol. The molecule has 2 atom stereocenters. The fourth-order valence-corrected chi connectivity index (χ4v) is 4.01. The number of hydrogen-bond donors (Lipinski definition) is 0. The average Bonchev–Trinajstić information content (AvgIpc) is 3.00. The van der Waals surface area contributed by atoms with Gasteiger partial charge in [0.15, 0.2) is 0 Å². The Bertz CT molecular complexity index is 655. The third-order valence-corrected chi connectivity index (χ3v) is 4.96. The second-order valence-electron chi connectivity index (χ2n) is 6.27. The summed E-state index contributed by atoms with van der Waals surface area (Å²) in [6, 6.07) is 7.39. The van der Waals surface area contributed by atoms with Crippen molar-refractivity contribution in [2.45, 2.75) is 26.2 Å². The first kappa shape index (κ1) is 12.1. The zero-order chi connectivity index (χ0) is 13.7. The van der Waals surface area contributed by atoms with E-state index in [1.54, 1.807) is 6.07 Å². The zero-order valence-electron chi connectivity index (χ0n) is 11.8. The molecule has 0 amide bonds. The van der Waals surface area contributed by atoms with Crippen molar-refractivity contribution >= 4 is 16.6 Å². The molecular formula is C17H19FN2. The maximum Gasteiger partial charge on any atom is 0.149 e. The molecular weight excluding hydrogens is 251 g/mol. The molecule has 1 aliphatic carbocycles. The fourth-order valence-electron chi connectivity index (χ4n) is 4.01. The van der Waals surface area contributed by atoms with E-state index < -0.39 is 0 Å². The van der Waals surface area contributed by atoms with Crippen LogP contribution in [-0.2, 0) is 0 Å². The van der Waals surface area contributed by atoms with Crippen LogP contribution in [0.2, 0.25) is 0 Å². The lowest BCUT2D eigenvalue weighted by Gasteiger charge is -2.22. The van der Waals surface area contributed by atoms with E-state index in [0.717, 1.165) is 36.0 Å². The molecule has 2 fully saturated rings. The SMILES string of the molecule is Cc1cc(N2CC3CCCC3C2)c2cccc(F)c2n1. The Labute approximate surface area is 118 Å². The van der Waals surface area contributed by atoms with Gasteiger partial charge in [0, 0.05) is 29.9 Å². The van der Waals surface area contributed by atoms with Crippen LogP contribution >= 0.6 is 0 Å². The molecule has 1 saturated carbocycles. The quantitative estimate of drug-likeness (QED) is 0.781. The fraction of sp³-hybridized carbons (Fsp3) is 0.471. The van der Waals surface area contributed by atoms with Crippen molar-refractivity contribution in [2.24, 2.45) is 11.8 Å². The number of aryl methyl sites for hydroxylation is 1. The van der Waals surface area contributed by atoms with E-state index in [9.17, 15) is 4.39 Å². The van der Waals surface area contributed by atoms with Crippen LogP contribution in [-0.4, -0.2) is 18.1 Å². The number of benzene rings is 1. The Morgan fingerprint density at radius 3 is 2.70 bits per heavy atom. The van der Waals surface area contributed by atoms with Crippen molar-refractivity contribution < 1.29 is 4.39 Å². The van der Waals surface area contributed by atoms with Gasteiger partial charge in [-0.25, -0.2) is 9.37 Å². The molecule has 20 heavy (non-hydrogen) atoms. The monoisotopic (exact) mass is 270 g/mol. The summed E-state index contributed by atoms with van der Waals surface area (Å²) >= 11 is 0. The number of nitrogens with zero attached hydrogens (tertiary/aromatic N) is 2. The third kappa shape index (κ3) is 1.80. The molecule has 1 saturated heterocycles. The summed E-state index contributed by atoms with van der Waals surface area (Å²) in [4.78, 5) is 6.83. The highest BCUT2D eigenvalue weighted by atomic mass is 19.1. The van der Waals surface area contributed by atoms with Gasteiger partial charge >= 0.3 is 0 Å². The van der Waals surface area contributed by atoms with Crippen LogP contribution in [0.3, 0.4) is 0 Å². The molecule has 2 nitrogen and oxygen atoms in total. The number of fused-ring (bicyclic) bond motifs is 2. The molecule has 0 spiro atoms. The third-order valence-electron chi connectivity index (χ3n) is 4.96. The van der Waals surface area contributed by atoms with E-state index in [4.69, 9.17) is 0 Å². The molecule has 0 radical (unpaired) electrons. The summed E-state index contributed by atoms with van der Waals surface area (Å²) in [6.07, 6.45) is 4.10. The standard InChI is InChI=1S/C17H19FN2/c1-11-8-16(14-6-3-7-15(18)17(14)19-11)20-9-12-4-2-5-13(12)10-20/h3,6-8,12-13H,2,4-5,9-10H2,1H3. The summed E-state index contributed by atoms with van der Waals surface area (Å²) < 4.78 is 14.0. The lowest BCUT2D eigenvalue weighted by molar-refractivity contribution is 0.494. The topological polar surface area (TPSA) is 16.1 Å². The maximum absolute atomic E-state index is 14.0. The maximum atomic E-state index is 14.0. The van der Waals surface area contributed by atoms with Gasteiger partial charge in [-0.3, -0.25) is 0 Å². The van der Waals surface area contributed by atoms with Gasteiger partial charge in [0.25, 0.3) is 0 Å². The molecule has 2 heterocycles. The zero-order valence-corrected chi connectivity index (χ0v) is 11.8. The van der Waals surface area contributed by atoms with E-state index in [-0.39, 0.29) is 5.82 Å². The van der Waals surface area contributed by atoms with E-state index in [0.29, 0.717) is 5.52 Å². The molecule has 4 rings (SSSR count). The minimum atomic E-state index is -0.216. The van der Waals surface area contributed by atoms with E-state index >= 15 is 0 Å². The Kier molecular flexibility index (Phi) is 2.69. The normalized spacial score (nSPS) is 25.4. The first-order valence-corrected chi connectivity index (χ1v) is 7.53. The summed E-state index contributed by atoms with van der Waals surface area (Å²) in [5.74, 6) is 1.46. The smallest absolute Gasteiger partial charge is 0.149 e. The molecule has 0 N–H and O–H groups in total. The highest BCUT2D eigenvalue weighted by molar-refractivity contribution is 5.92. The first-order chi connectivity index (χ1) is 9.72. The van der Waals surface area contributed by atoms with Gasteiger partial charge in [-0.05, 0) is 43.7 Å². The summed E-state index contributed by atoms with van der Waals surface area (Å²) in [6.45, 7) is 4.20. The van der Waals surface area contributed by atoms with Gasteiger partial charge in [0.2, 0.25) is 0 Å². The number of anilines is 1. The lowest BCUT2D eigenvalue weighted by atomic mass is 10.0.